The first-order valence-corrected chi connectivity index (χ1v) is 7.88. The Morgan fingerprint density at radius 3 is 2.50 bits per heavy atom. The zero-order valence-electron chi connectivity index (χ0n) is 9.19. The number of nitrogens with one attached hydrogen (secondary N) is 1. The van der Waals surface area contributed by atoms with E-state index in [1.54, 1.807) is 0 Å². The average molecular weight is 306 g/mol. The molecule has 1 aromatic rings. The van der Waals surface area contributed by atoms with Crippen molar-refractivity contribution in [2.24, 2.45) is 5.92 Å². The highest BCUT2D eigenvalue weighted by molar-refractivity contribution is 9.09. The van der Waals surface area contributed by atoms with Crippen molar-refractivity contribution in [1.82, 2.24) is 4.72 Å². The molecular formula is C11H16BrNO2S. The Morgan fingerprint density at radius 1 is 1.31 bits per heavy atom. The van der Waals surface area contributed by atoms with Crippen molar-refractivity contribution in [1.29, 1.82) is 0 Å². The largest absolute Gasteiger partial charge is 0.215 e. The van der Waals surface area contributed by atoms with Crippen LogP contribution in [0.3, 0.4) is 0 Å². The lowest BCUT2D eigenvalue weighted by molar-refractivity contribution is 0.562. The second kappa shape index (κ2) is 6.37. The van der Waals surface area contributed by atoms with E-state index < -0.39 is 10.0 Å². The number of sulfonamides is 1. The van der Waals surface area contributed by atoms with Crippen LogP contribution in [0.4, 0.5) is 0 Å². The Morgan fingerprint density at radius 2 is 1.94 bits per heavy atom. The van der Waals surface area contributed by atoms with Gasteiger partial charge in [0.1, 0.15) is 0 Å². The standard InChI is InChI=1S/C11H16BrNO2S/c1-10(7-12)8-13-16(14,15)9-11-5-3-2-4-6-11/h2-6,10,13H,7-9H2,1H3. The number of halogens is 1. The van der Waals surface area contributed by atoms with Crippen molar-refractivity contribution < 1.29 is 8.42 Å². The van der Waals surface area contributed by atoms with E-state index in [4.69, 9.17) is 0 Å². The molecule has 1 N–H and O–H groups in total. The second-order valence-corrected chi connectivity index (χ2v) is 6.31. The first kappa shape index (κ1) is 13.7. The van der Waals surface area contributed by atoms with Crippen LogP contribution in [-0.4, -0.2) is 20.3 Å². The van der Waals surface area contributed by atoms with Crippen LogP contribution in [0.15, 0.2) is 30.3 Å². The van der Waals surface area contributed by atoms with Gasteiger partial charge in [-0.2, -0.15) is 0 Å². The molecule has 0 aliphatic heterocycles. The minimum Gasteiger partial charge on any atom is -0.215 e. The van der Waals surface area contributed by atoms with Crippen LogP contribution >= 0.6 is 15.9 Å². The van der Waals surface area contributed by atoms with E-state index in [1.807, 2.05) is 37.3 Å². The number of benzene rings is 1. The summed E-state index contributed by atoms with van der Waals surface area (Å²) in [5.74, 6) is 0.341. The summed E-state index contributed by atoms with van der Waals surface area (Å²) in [5.41, 5.74) is 0.807. The molecule has 0 bridgehead atoms. The Kier molecular flexibility index (Phi) is 5.44. The van der Waals surface area contributed by atoms with Crippen molar-refractivity contribution >= 4 is 26.0 Å². The zero-order valence-corrected chi connectivity index (χ0v) is 11.6. The molecule has 0 amide bonds. The maximum Gasteiger partial charge on any atom is 0.215 e. The van der Waals surface area contributed by atoms with Gasteiger partial charge < -0.3 is 0 Å². The second-order valence-electron chi connectivity index (χ2n) is 3.85. The number of hydrogen-bond donors (Lipinski definition) is 1. The van der Waals surface area contributed by atoms with Gasteiger partial charge in [-0.3, -0.25) is 0 Å². The smallest absolute Gasteiger partial charge is 0.215 e. The van der Waals surface area contributed by atoms with E-state index in [0.29, 0.717) is 12.5 Å². The van der Waals surface area contributed by atoms with Gasteiger partial charge in [0.05, 0.1) is 5.75 Å². The highest BCUT2D eigenvalue weighted by Crippen LogP contribution is 2.05. The molecule has 1 aromatic carbocycles. The van der Waals surface area contributed by atoms with Gasteiger partial charge in [0, 0.05) is 11.9 Å². The van der Waals surface area contributed by atoms with Crippen molar-refractivity contribution in [2.45, 2.75) is 12.7 Å². The summed E-state index contributed by atoms with van der Waals surface area (Å²) in [5, 5.41) is 0.793. The third kappa shape index (κ3) is 5.09. The van der Waals surface area contributed by atoms with Gasteiger partial charge in [-0.05, 0) is 11.5 Å². The molecule has 5 heteroatoms. The van der Waals surface area contributed by atoms with Gasteiger partial charge in [0.25, 0.3) is 0 Å². The molecule has 0 aliphatic rings. The summed E-state index contributed by atoms with van der Waals surface area (Å²) in [6.45, 7) is 2.46. The van der Waals surface area contributed by atoms with E-state index in [0.717, 1.165) is 10.9 Å². The van der Waals surface area contributed by atoms with E-state index in [1.165, 1.54) is 0 Å². The molecule has 16 heavy (non-hydrogen) atoms. The highest BCUT2D eigenvalue weighted by atomic mass is 79.9. The molecule has 90 valence electrons. The summed E-state index contributed by atoms with van der Waals surface area (Å²) in [6, 6.07) is 9.18. The topological polar surface area (TPSA) is 46.2 Å². The van der Waals surface area contributed by atoms with Crippen LogP contribution < -0.4 is 4.72 Å². The Hall–Kier alpha value is -0.390. The summed E-state index contributed by atoms with van der Waals surface area (Å²) in [7, 11) is -3.21. The van der Waals surface area contributed by atoms with E-state index in [9.17, 15) is 8.42 Å². The molecule has 1 atom stereocenters. The van der Waals surface area contributed by atoms with Gasteiger partial charge in [0.15, 0.2) is 0 Å². The third-order valence-electron chi connectivity index (χ3n) is 2.11. The summed E-state index contributed by atoms with van der Waals surface area (Å²) in [4.78, 5) is 0. The first-order chi connectivity index (χ1) is 7.53. The SMILES string of the molecule is CC(CBr)CNS(=O)(=O)Cc1ccccc1. The molecular weight excluding hydrogens is 290 g/mol. The van der Waals surface area contributed by atoms with Gasteiger partial charge in [-0.1, -0.05) is 53.2 Å². The molecule has 0 heterocycles. The lowest BCUT2D eigenvalue weighted by Crippen LogP contribution is -2.30. The Bertz CT molecular complexity index is 405. The number of alkyl halides is 1. The zero-order chi connectivity index (χ0) is 12.0. The minimum atomic E-state index is -3.21. The van der Waals surface area contributed by atoms with E-state index >= 15 is 0 Å². The molecule has 0 aromatic heterocycles. The molecule has 1 unspecified atom stereocenters. The van der Waals surface area contributed by atoms with Crippen LogP contribution in [0.2, 0.25) is 0 Å². The molecule has 0 saturated heterocycles. The minimum absolute atomic E-state index is 0.0445. The molecule has 3 nitrogen and oxygen atoms in total. The van der Waals surface area contributed by atoms with E-state index in [2.05, 4.69) is 20.7 Å². The normalized spacial score (nSPS) is 13.6. The van der Waals surface area contributed by atoms with Crippen molar-refractivity contribution in [2.75, 3.05) is 11.9 Å². The van der Waals surface area contributed by atoms with Crippen LogP contribution in [0.25, 0.3) is 0 Å². The third-order valence-corrected chi connectivity index (χ3v) is 4.54. The Labute approximate surface area is 105 Å². The molecule has 0 aliphatic carbocycles. The molecule has 0 fully saturated rings. The summed E-state index contributed by atoms with van der Waals surface area (Å²) in [6.07, 6.45) is 0. The predicted octanol–water partition coefficient (Wildman–Crippen LogP) is 2.14. The van der Waals surface area contributed by atoms with Gasteiger partial charge >= 0.3 is 0 Å². The van der Waals surface area contributed by atoms with Crippen molar-refractivity contribution in [3.8, 4) is 0 Å². The summed E-state index contributed by atoms with van der Waals surface area (Å²) >= 11 is 3.31. The summed E-state index contributed by atoms with van der Waals surface area (Å²) < 4.78 is 26.0. The van der Waals surface area contributed by atoms with Crippen molar-refractivity contribution in [3.05, 3.63) is 35.9 Å². The molecule has 0 radical (unpaired) electrons. The first-order valence-electron chi connectivity index (χ1n) is 5.11. The lowest BCUT2D eigenvalue weighted by atomic mass is 10.2. The van der Waals surface area contributed by atoms with E-state index in [-0.39, 0.29) is 5.75 Å². The average Bonchev–Trinajstić information content (AvgIpc) is 2.27. The molecule has 0 saturated carbocycles. The molecule has 1 rings (SSSR count). The quantitative estimate of drug-likeness (QED) is 0.819. The maximum atomic E-state index is 11.7. The van der Waals surface area contributed by atoms with Gasteiger partial charge in [-0.15, -0.1) is 0 Å². The maximum absolute atomic E-state index is 11.7. The fraction of sp³-hybridized carbons (Fsp3) is 0.455. The predicted molar refractivity (Wildman–Crippen MR) is 70.0 cm³/mol. The lowest BCUT2D eigenvalue weighted by Gasteiger charge is -2.10. The van der Waals surface area contributed by atoms with Crippen LogP contribution in [0.1, 0.15) is 12.5 Å². The fourth-order valence-electron chi connectivity index (χ4n) is 1.17. The van der Waals surface area contributed by atoms with Crippen molar-refractivity contribution in [3.63, 3.8) is 0 Å². The van der Waals surface area contributed by atoms with Crippen LogP contribution in [-0.2, 0) is 15.8 Å². The Balaban J connectivity index is 2.53. The fourth-order valence-corrected chi connectivity index (χ4v) is 2.67. The highest BCUT2D eigenvalue weighted by Gasteiger charge is 2.12. The number of rotatable bonds is 6. The number of hydrogen-bond acceptors (Lipinski definition) is 2. The van der Waals surface area contributed by atoms with Crippen LogP contribution in [0.5, 0.6) is 0 Å². The van der Waals surface area contributed by atoms with Gasteiger partial charge in [0.2, 0.25) is 10.0 Å². The molecule has 0 spiro atoms. The monoisotopic (exact) mass is 305 g/mol. The van der Waals surface area contributed by atoms with Crippen LogP contribution in [0, 0.1) is 5.92 Å². The van der Waals surface area contributed by atoms with Gasteiger partial charge in [-0.25, -0.2) is 13.1 Å².